The zero-order chi connectivity index (χ0) is 18.4. The number of methoxy groups -OCH3 is 1. The van der Waals surface area contributed by atoms with Crippen LogP contribution in [0.5, 0.6) is 5.75 Å². The third-order valence-electron chi connectivity index (χ3n) is 4.04. The van der Waals surface area contributed by atoms with Crippen LogP contribution in [0.4, 0.5) is 0 Å². The molecular formula is C20H20ClN3O2. The largest absolute Gasteiger partial charge is 0.496 e. The van der Waals surface area contributed by atoms with Crippen LogP contribution in [0.25, 0.3) is 0 Å². The van der Waals surface area contributed by atoms with Crippen LogP contribution in [0.2, 0.25) is 5.02 Å². The summed E-state index contributed by atoms with van der Waals surface area (Å²) >= 11 is 5.98. The molecule has 5 nitrogen and oxygen atoms in total. The monoisotopic (exact) mass is 369 g/mol. The number of hydrogen-bond acceptors (Lipinski definition) is 3. The molecule has 0 aliphatic heterocycles. The minimum absolute atomic E-state index is 0.217. The highest BCUT2D eigenvalue weighted by Crippen LogP contribution is 2.22. The second kappa shape index (κ2) is 8.54. The summed E-state index contributed by atoms with van der Waals surface area (Å²) < 4.78 is 7.31. The van der Waals surface area contributed by atoms with Crippen LogP contribution in [0.1, 0.15) is 21.7 Å². The molecule has 0 aliphatic rings. The number of halogens is 1. The van der Waals surface area contributed by atoms with Crippen LogP contribution < -0.4 is 10.1 Å². The van der Waals surface area contributed by atoms with Crippen molar-refractivity contribution in [2.24, 2.45) is 0 Å². The van der Waals surface area contributed by atoms with Crippen LogP contribution in [-0.2, 0) is 13.0 Å². The van der Waals surface area contributed by atoms with Crippen molar-refractivity contribution < 1.29 is 9.53 Å². The van der Waals surface area contributed by atoms with Gasteiger partial charge in [-0.25, -0.2) is 4.98 Å². The van der Waals surface area contributed by atoms with E-state index >= 15 is 0 Å². The summed E-state index contributed by atoms with van der Waals surface area (Å²) in [5.41, 5.74) is 1.63. The highest BCUT2D eigenvalue weighted by Gasteiger charge is 2.13. The molecule has 0 atom stereocenters. The average molecular weight is 370 g/mol. The van der Waals surface area contributed by atoms with Gasteiger partial charge in [0.15, 0.2) is 0 Å². The summed E-state index contributed by atoms with van der Waals surface area (Å²) in [5.74, 6) is 1.20. The lowest BCUT2D eigenvalue weighted by atomic mass is 10.2. The Morgan fingerprint density at radius 3 is 2.81 bits per heavy atom. The molecule has 26 heavy (non-hydrogen) atoms. The Labute approximate surface area is 157 Å². The lowest BCUT2D eigenvalue weighted by molar-refractivity contribution is 0.0951. The Balaban J connectivity index is 1.60. The molecule has 1 N–H and O–H groups in total. The molecule has 2 aromatic carbocycles. The molecular weight excluding hydrogens is 350 g/mol. The van der Waals surface area contributed by atoms with Crippen molar-refractivity contribution in [3.8, 4) is 5.75 Å². The number of nitrogens with zero attached hydrogens (tertiary/aromatic N) is 2. The lowest BCUT2D eigenvalue weighted by Crippen LogP contribution is -2.27. The van der Waals surface area contributed by atoms with Gasteiger partial charge >= 0.3 is 0 Å². The van der Waals surface area contributed by atoms with Gasteiger partial charge < -0.3 is 14.6 Å². The van der Waals surface area contributed by atoms with Crippen LogP contribution in [-0.4, -0.2) is 29.1 Å². The maximum Gasteiger partial charge on any atom is 0.255 e. The van der Waals surface area contributed by atoms with Crippen molar-refractivity contribution in [3.05, 3.63) is 82.9 Å². The Hall–Kier alpha value is -2.79. The van der Waals surface area contributed by atoms with E-state index < -0.39 is 0 Å². The fraction of sp³-hybridized carbons (Fsp3) is 0.200. The maximum absolute atomic E-state index is 12.4. The molecule has 0 bridgehead atoms. The van der Waals surface area contributed by atoms with Gasteiger partial charge in [-0.1, -0.05) is 41.9 Å². The summed E-state index contributed by atoms with van der Waals surface area (Å²) in [4.78, 5) is 16.8. The fourth-order valence-corrected chi connectivity index (χ4v) is 2.91. The third-order valence-corrected chi connectivity index (χ3v) is 4.27. The van der Waals surface area contributed by atoms with E-state index in [4.69, 9.17) is 16.3 Å². The van der Waals surface area contributed by atoms with E-state index in [1.807, 2.05) is 24.4 Å². The van der Waals surface area contributed by atoms with Gasteiger partial charge in [0.2, 0.25) is 0 Å². The van der Waals surface area contributed by atoms with Crippen LogP contribution >= 0.6 is 11.6 Å². The summed E-state index contributed by atoms with van der Waals surface area (Å²) in [6, 6.07) is 15.2. The number of carbonyl (C=O) groups is 1. The highest BCUT2D eigenvalue weighted by atomic mass is 35.5. The molecule has 6 heteroatoms. The number of ether oxygens (including phenoxy) is 1. The molecule has 0 radical (unpaired) electrons. The third kappa shape index (κ3) is 4.43. The van der Waals surface area contributed by atoms with Crippen molar-refractivity contribution in [1.29, 1.82) is 0 Å². The van der Waals surface area contributed by atoms with Gasteiger partial charge in [0.05, 0.1) is 12.7 Å². The van der Waals surface area contributed by atoms with Crippen molar-refractivity contribution in [1.82, 2.24) is 14.9 Å². The number of aromatic nitrogens is 2. The standard InChI is InChI=1S/C20H20ClN3O2/c1-26-18-8-7-16(21)13-17(18)20(25)23-10-9-19-22-11-12-24(19)14-15-5-3-2-4-6-15/h2-8,11-13H,9-10,14H2,1H3,(H,23,25). The fourth-order valence-electron chi connectivity index (χ4n) is 2.73. The average Bonchev–Trinajstić information content (AvgIpc) is 3.09. The molecule has 0 saturated heterocycles. The number of amides is 1. The Morgan fingerprint density at radius 1 is 1.23 bits per heavy atom. The number of imidazole rings is 1. The van der Waals surface area contributed by atoms with E-state index in [1.165, 1.54) is 12.7 Å². The smallest absolute Gasteiger partial charge is 0.255 e. The van der Waals surface area contributed by atoms with Gasteiger partial charge in [0.1, 0.15) is 11.6 Å². The summed E-state index contributed by atoms with van der Waals surface area (Å²) in [6.45, 7) is 1.23. The molecule has 0 unspecified atom stereocenters. The van der Waals surface area contributed by atoms with Crippen LogP contribution in [0, 0.1) is 0 Å². The SMILES string of the molecule is COc1ccc(Cl)cc1C(=O)NCCc1nccn1Cc1ccccc1. The normalized spacial score (nSPS) is 10.5. The summed E-state index contributed by atoms with van der Waals surface area (Å²) in [7, 11) is 1.53. The van der Waals surface area contributed by atoms with Crippen LogP contribution in [0.3, 0.4) is 0 Å². The first-order valence-corrected chi connectivity index (χ1v) is 8.71. The molecule has 3 aromatic rings. The lowest BCUT2D eigenvalue weighted by Gasteiger charge is -2.11. The minimum atomic E-state index is -0.217. The predicted molar refractivity (Wildman–Crippen MR) is 102 cm³/mol. The van der Waals surface area contributed by atoms with E-state index in [1.54, 1.807) is 24.4 Å². The second-order valence-corrected chi connectivity index (χ2v) is 6.24. The predicted octanol–water partition coefficient (Wildman–Crippen LogP) is 3.57. The van der Waals surface area contributed by atoms with E-state index in [2.05, 4.69) is 27.0 Å². The number of benzene rings is 2. The minimum Gasteiger partial charge on any atom is -0.496 e. The Kier molecular flexibility index (Phi) is 5.92. The first-order valence-electron chi connectivity index (χ1n) is 8.33. The molecule has 0 saturated carbocycles. The molecule has 0 spiro atoms. The van der Waals surface area contributed by atoms with Crippen molar-refractivity contribution >= 4 is 17.5 Å². The summed E-state index contributed by atoms with van der Waals surface area (Å²) in [5, 5.41) is 3.39. The molecule has 1 amide bonds. The van der Waals surface area contributed by atoms with Gasteiger partial charge in [0.25, 0.3) is 5.91 Å². The van der Waals surface area contributed by atoms with Gasteiger partial charge in [-0.15, -0.1) is 0 Å². The van der Waals surface area contributed by atoms with E-state index in [0.717, 1.165) is 12.4 Å². The van der Waals surface area contributed by atoms with E-state index in [9.17, 15) is 4.79 Å². The molecule has 3 rings (SSSR count). The van der Waals surface area contributed by atoms with Crippen molar-refractivity contribution in [3.63, 3.8) is 0 Å². The zero-order valence-corrected chi connectivity index (χ0v) is 15.2. The summed E-state index contributed by atoms with van der Waals surface area (Å²) in [6.07, 6.45) is 4.36. The van der Waals surface area contributed by atoms with Crippen molar-refractivity contribution in [2.75, 3.05) is 13.7 Å². The second-order valence-electron chi connectivity index (χ2n) is 5.81. The zero-order valence-electron chi connectivity index (χ0n) is 14.5. The van der Waals surface area contributed by atoms with E-state index in [0.29, 0.717) is 29.3 Å². The highest BCUT2D eigenvalue weighted by molar-refractivity contribution is 6.31. The van der Waals surface area contributed by atoms with Gasteiger partial charge in [-0.2, -0.15) is 0 Å². The number of nitrogens with one attached hydrogen (secondary N) is 1. The topological polar surface area (TPSA) is 56.1 Å². The molecule has 1 aromatic heterocycles. The van der Waals surface area contributed by atoms with Crippen LogP contribution in [0.15, 0.2) is 60.9 Å². The molecule has 0 fully saturated rings. The van der Waals surface area contributed by atoms with Gasteiger partial charge in [-0.3, -0.25) is 4.79 Å². The Bertz CT molecular complexity index is 878. The maximum atomic E-state index is 12.4. The number of carbonyl (C=O) groups excluding carboxylic acids is 1. The quantitative estimate of drug-likeness (QED) is 0.692. The number of rotatable bonds is 7. The van der Waals surface area contributed by atoms with Crippen molar-refractivity contribution in [2.45, 2.75) is 13.0 Å². The van der Waals surface area contributed by atoms with Gasteiger partial charge in [-0.05, 0) is 23.8 Å². The molecule has 0 aliphatic carbocycles. The first-order chi connectivity index (χ1) is 12.7. The molecule has 134 valence electrons. The Morgan fingerprint density at radius 2 is 2.04 bits per heavy atom. The van der Waals surface area contributed by atoms with Gasteiger partial charge in [0, 0.05) is 36.9 Å². The first kappa shape index (κ1) is 18.0. The number of hydrogen-bond donors (Lipinski definition) is 1. The van der Waals surface area contributed by atoms with E-state index in [-0.39, 0.29) is 5.91 Å². The molecule has 1 heterocycles.